The molecule has 4 heterocycles. The summed E-state index contributed by atoms with van der Waals surface area (Å²) in [4.78, 5) is 10.2. The molecule has 4 nitrogen and oxygen atoms in total. The molecule has 11 rings (SSSR count). The van der Waals surface area contributed by atoms with E-state index in [9.17, 15) is 11.0 Å². The molecule has 0 bridgehead atoms. The third kappa shape index (κ3) is 2.98. The Kier molecular flexibility index (Phi) is 2.86. The molecule has 46 heavy (non-hydrogen) atoms. The van der Waals surface area contributed by atoms with E-state index >= 15 is 0 Å². The van der Waals surface area contributed by atoms with Crippen LogP contribution in [0.4, 0.5) is 0 Å². The fourth-order valence-electron chi connectivity index (χ4n) is 7.01. The molecule has 0 spiro atoms. The molecule has 0 radical (unpaired) electrons. The van der Waals surface area contributed by atoms with Gasteiger partial charge in [-0.3, -0.25) is 4.57 Å². The van der Waals surface area contributed by atoms with E-state index in [1.165, 1.54) is 8.97 Å². The van der Waals surface area contributed by atoms with Crippen LogP contribution in [0.3, 0.4) is 0 Å². The van der Waals surface area contributed by atoms with Crippen molar-refractivity contribution in [2.75, 3.05) is 0 Å². The number of hydrogen-bond acceptors (Lipinski definition) is 2. The second-order valence-corrected chi connectivity index (χ2v) is 11.2. The van der Waals surface area contributed by atoms with E-state index in [0.717, 1.165) is 16.3 Å². The highest BCUT2D eigenvalue weighted by molar-refractivity contribution is 6.31. The van der Waals surface area contributed by atoms with E-state index in [-0.39, 0.29) is 65.8 Å². The number of rotatable bonds is 2. The van der Waals surface area contributed by atoms with E-state index in [4.69, 9.17) is 16.8 Å². The summed E-state index contributed by atoms with van der Waals surface area (Å²) in [7, 11) is 0. The highest BCUT2D eigenvalue weighted by Crippen LogP contribution is 2.44. The first-order valence-corrected chi connectivity index (χ1v) is 14.6. The van der Waals surface area contributed by atoms with Gasteiger partial charge >= 0.3 is 0 Å². The van der Waals surface area contributed by atoms with Crippen molar-refractivity contribution in [3.8, 4) is 17.2 Å². The summed E-state index contributed by atoms with van der Waals surface area (Å²) >= 11 is 0. The molecule has 4 aromatic heterocycles. The molecule has 4 heteroatoms. The lowest BCUT2D eigenvalue weighted by molar-refractivity contribution is 1.02. The Morgan fingerprint density at radius 3 is 2.07 bits per heavy atom. The zero-order valence-electron chi connectivity index (χ0n) is 36.6. The molecule has 0 fully saturated rings. The normalized spacial score (nSPS) is 16.3. The molecule has 0 saturated heterocycles. The van der Waals surface area contributed by atoms with Crippen LogP contribution in [-0.4, -0.2) is 18.9 Å². The van der Waals surface area contributed by atoms with Gasteiger partial charge in [0.25, 0.3) is 0 Å². The smallest absolute Gasteiger partial charge is 0.235 e. The third-order valence-corrected chi connectivity index (χ3v) is 8.90. The molecule has 0 saturated carbocycles. The maximum absolute atomic E-state index is 9.52. The second kappa shape index (κ2) is 8.68. The summed E-state index contributed by atoms with van der Waals surface area (Å²) in [5.41, 5.74) is 1.15. The second-order valence-electron chi connectivity index (χ2n) is 11.2. The zero-order valence-corrected chi connectivity index (χ0v) is 23.6. The number of fused-ring (bicyclic) bond motifs is 8. The Bertz CT molecular complexity index is 3770. The highest BCUT2D eigenvalue weighted by Gasteiger charge is 2.23. The van der Waals surface area contributed by atoms with Gasteiger partial charge in [-0.1, -0.05) is 115 Å². The first kappa shape index (κ1) is 15.2. The van der Waals surface area contributed by atoms with Crippen molar-refractivity contribution in [1.82, 2.24) is 18.9 Å². The molecule has 0 N–H and O–H groups in total. The molecular weight excluding hydrogens is 560 g/mol. The van der Waals surface area contributed by atoms with Gasteiger partial charge in [0, 0.05) is 43.3 Å². The Balaban J connectivity index is 1.52. The predicted octanol–water partition coefficient (Wildman–Crippen LogP) is 10.7. The minimum absolute atomic E-state index is 0.0192. The van der Waals surface area contributed by atoms with Crippen LogP contribution in [0, 0.1) is 0 Å². The summed E-state index contributed by atoms with van der Waals surface area (Å²) in [6.07, 6.45) is 0. The SMILES string of the molecule is [2H]c1c([2H])c([2H])c2c(c1[2H])c1c([2H])c([2H])c([2H])c3c4c([2H])c([2H])c([2H])c5c4c4c(c([2H])c([2H])c([2H])c4n2c31)n5-c1nc(-c2ccccc2)c2ccc3ccccc3c2n1. The van der Waals surface area contributed by atoms with Crippen molar-refractivity contribution in [1.29, 1.82) is 0 Å². The van der Waals surface area contributed by atoms with E-state index in [1.54, 1.807) is 0 Å². The van der Waals surface area contributed by atoms with E-state index in [0.29, 0.717) is 16.6 Å². The summed E-state index contributed by atoms with van der Waals surface area (Å²) in [6, 6.07) is 13.6. The molecule has 212 valence electrons. The summed E-state index contributed by atoms with van der Waals surface area (Å²) in [6.45, 7) is 0. The third-order valence-electron chi connectivity index (χ3n) is 8.90. The van der Waals surface area contributed by atoms with Gasteiger partial charge in [0.1, 0.15) is 0 Å². The fourth-order valence-corrected chi connectivity index (χ4v) is 7.01. The minimum atomic E-state index is -0.629. The molecule has 0 atom stereocenters. The van der Waals surface area contributed by atoms with Gasteiger partial charge in [-0.25, -0.2) is 9.97 Å². The number of aromatic nitrogens is 4. The fraction of sp³-hybridized carbons (Fsp3) is 0. The van der Waals surface area contributed by atoms with Crippen molar-refractivity contribution in [3.63, 3.8) is 0 Å². The Morgan fingerprint density at radius 1 is 0.478 bits per heavy atom. The molecule has 0 unspecified atom stereocenters. The van der Waals surface area contributed by atoms with Crippen LogP contribution in [0.15, 0.2) is 145 Å². The standard InChI is InChI=1S/C42H24N4/c1-2-12-26(13-3-1)39-32-24-23-25-11-4-5-14-27(25)40(32)44-42(43-39)46-34-20-9-16-29-31-18-8-17-30-28-15-6-7-19-33(28)45(41(30)31)35-21-10-22-36(46)38(35)37(29)34/h1-24H/i6D,7D,8D,9D,10D,15D,16D,17D,18D,19D,20D,21D,22D. The topological polar surface area (TPSA) is 35.1 Å². The van der Waals surface area contributed by atoms with Crippen LogP contribution in [0.1, 0.15) is 17.8 Å². The van der Waals surface area contributed by atoms with Gasteiger partial charge in [-0.2, -0.15) is 0 Å². The van der Waals surface area contributed by atoms with Crippen LogP contribution < -0.4 is 0 Å². The number of hydrogen-bond donors (Lipinski definition) is 0. The molecule has 11 aromatic rings. The Labute approximate surface area is 281 Å². The Morgan fingerprint density at radius 2 is 1.15 bits per heavy atom. The van der Waals surface area contributed by atoms with Crippen molar-refractivity contribution in [2.24, 2.45) is 0 Å². The molecule has 0 aliphatic heterocycles. The summed E-state index contributed by atoms with van der Waals surface area (Å²) < 4.78 is 122. The summed E-state index contributed by atoms with van der Waals surface area (Å²) in [5, 5.41) is 1.80. The zero-order chi connectivity index (χ0) is 41.2. The molecule has 0 aliphatic carbocycles. The largest absolute Gasteiger partial charge is 0.308 e. The lowest BCUT2D eigenvalue weighted by atomic mass is 10.0. The monoisotopic (exact) mass is 597 g/mol. The molecule has 0 aliphatic rings. The number of nitrogens with zero attached hydrogens (tertiary/aromatic N) is 4. The first-order chi connectivity index (χ1) is 28.3. The average Bonchev–Trinajstić information content (AvgIpc) is 3.74. The lowest BCUT2D eigenvalue weighted by Crippen LogP contribution is -2.04. The van der Waals surface area contributed by atoms with Crippen LogP contribution in [0.2, 0.25) is 0 Å². The van der Waals surface area contributed by atoms with E-state index < -0.39 is 78.6 Å². The Hall–Kier alpha value is -6.26. The number of benzene rings is 7. The van der Waals surface area contributed by atoms with Gasteiger partial charge in [0.2, 0.25) is 5.95 Å². The summed E-state index contributed by atoms with van der Waals surface area (Å²) in [5.74, 6) is -0.0557. The van der Waals surface area contributed by atoms with E-state index in [1.807, 2.05) is 66.7 Å². The van der Waals surface area contributed by atoms with Crippen LogP contribution in [0.5, 0.6) is 0 Å². The van der Waals surface area contributed by atoms with Crippen molar-refractivity contribution < 1.29 is 17.8 Å². The van der Waals surface area contributed by atoms with Gasteiger partial charge in [-0.15, -0.1) is 0 Å². The predicted molar refractivity (Wildman–Crippen MR) is 191 cm³/mol. The van der Waals surface area contributed by atoms with Crippen molar-refractivity contribution in [3.05, 3.63) is 145 Å². The van der Waals surface area contributed by atoms with Crippen LogP contribution >= 0.6 is 0 Å². The van der Waals surface area contributed by atoms with Gasteiger partial charge in [0.05, 0.1) is 56.6 Å². The quantitative estimate of drug-likeness (QED) is 0.186. The van der Waals surface area contributed by atoms with E-state index in [2.05, 4.69) is 0 Å². The van der Waals surface area contributed by atoms with Crippen molar-refractivity contribution in [2.45, 2.75) is 0 Å². The van der Waals surface area contributed by atoms with Crippen LogP contribution in [-0.2, 0) is 0 Å². The van der Waals surface area contributed by atoms with Gasteiger partial charge in [0.15, 0.2) is 0 Å². The van der Waals surface area contributed by atoms with Gasteiger partial charge < -0.3 is 4.40 Å². The van der Waals surface area contributed by atoms with Crippen LogP contribution in [0.25, 0.3) is 98.8 Å². The lowest BCUT2D eigenvalue weighted by Gasteiger charge is -2.13. The number of para-hydroxylation sites is 2. The molecule has 0 amide bonds. The van der Waals surface area contributed by atoms with Gasteiger partial charge in [-0.05, 0) is 41.0 Å². The molecular formula is C42H24N4. The minimum Gasteiger partial charge on any atom is -0.308 e. The van der Waals surface area contributed by atoms with Crippen molar-refractivity contribution >= 4 is 81.6 Å². The average molecular weight is 598 g/mol. The maximum Gasteiger partial charge on any atom is 0.235 e. The highest BCUT2D eigenvalue weighted by atomic mass is 15.2. The first-order valence-electron chi connectivity index (χ1n) is 21.1. The molecule has 7 aromatic carbocycles. The maximum atomic E-state index is 9.52.